The minimum atomic E-state index is -3.46. The van der Waals surface area contributed by atoms with Gasteiger partial charge in [0, 0.05) is 11.6 Å². The van der Waals surface area contributed by atoms with Crippen molar-refractivity contribution in [3.05, 3.63) is 53.6 Å². The Bertz CT molecular complexity index is 1180. The quantitative estimate of drug-likeness (QED) is 0.138. The number of benzene rings is 2. The molecule has 0 heterocycles. The maximum absolute atomic E-state index is 15.2. The van der Waals surface area contributed by atoms with Gasteiger partial charge in [-0.2, -0.15) is 8.78 Å². The van der Waals surface area contributed by atoms with E-state index < -0.39 is 35.3 Å². The van der Waals surface area contributed by atoms with E-state index in [1.807, 2.05) is 0 Å². The van der Waals surface area contributed by atoms with Crippen molar-refractivity contribution in [1.82, 2.24) is 0 Å². The number of rotatable bonds is 11. The number of hydrogen-bond acceptors (Lipinski definition) is 1. The highest BCUT2D eigenvalue weighted by Gasteiger charge is 2.45. The molecule has 0 spiro atoms. The van der Waals surface area contributed by atoms with Crippen molar-refractivity contribution in [1.29, 1.82) is 0 Å². The maximum atomic E-state index is 15.2. The molecule has 0 saturated heterocycles. The van der Waals surface area contributed by atoms with Gasteiger partial charge >= 0.3 is 6.11 Å². The molecule has 0 N–H and O–H groups in total. The molecule has 2 aromatic carbocycles. The standard InChI is InChI=1S/C37H48F6O/c1-2-3-4-5-6-24-7-9-25(10-8-24)26-11-13-27(14-12-26)28-15-17-30(18-16-28)37(42,43)44-31-19-20-32(33(38)23-31)29-21-34(39)36(41)35(40)22-29/h19-28,30H,2-18H2,1H3. The highest BCUT2D eigenvalue weighted by Crippen LogP contribution is 2.48. The molecule has 0 atom stereocenters. The normalized spacial score (nSPS) is 28.2. The van der Waals surface area contributed by atoms with Crippen molar-refractivity contribution >= 4 is 0 Å². The summed E-state index contributed by atoms with van der Waals surface area (Å²) >= 11 is 0. The zero-order chi connectivity index (χ0) is 31.3. The molecule has 3 aliphatic carbocycles. The Balaban J connectivity index is 1.06. The number of unbranched alkanes of at least 4 members (excludes halogenated alkanes) is 3. The minimum Gasteiger partial charge on any atom is -0.432 e. The van der Waals surface area contributed by atoms with E-state index in [0.29, 0.717) is 36.8 Å². The summed E-state index contributed by atoms with van der Waals surface area (Å²) in [7, 11) is 0. The van der Waals surface area contributed by atoms with Crippen LogP contribution in [0.3, 0.4) is 0 Å². The van der Waals surface area contributed by atoms with Crippen LogP contribution in [-0.2, 0) is 0 Å². The van der Waals surface area contributed by atoms with Gasteiger partial charge in [-0.15, -0.1) is 0 Å². The predicted octanol–water partition coefficient (Wildman–Crippen LogP) is 12.3. The van der Waals surface area contributed by atoms with Crippen LogP contribution in [0.25, 0.3) is 11.1 Å². The van der Waals surface area contributed by atoms with Crippen LogP contribution < -0.4 is 4.74 Å². The van der Waals surface area contributed by atoms with Crippen LogP contribution in [0.5, 0.6) is 5.75 Å². The molecular formula is C37H48F6O. The second-order valence-electron chi connectivity index (χ2n) is 14.0. The molecule has 44 heavy (non-hydrogen) atoms. The topological polar surface area (TPSA) is 9.23 Å². The Morgan fingerprint density at radius 2 is 1.16 bits per heavy atom. The first-order valence-corrected chi connectivity index (χ1v) is 17.2. The molecule has 0 unspecified atom stereocenters. The lowest BCUT2D eigenvalue weighted by molar-refractivity contribution is -0.224. The second kappa shape index (κ2) is 14.9. The zero-order valence-corrected chi connectivity index (χ0v) is 26.0. The van der Waals surface area contributed by atoms with Crippen LogP contribution in [0.4, 0.5) is 26.3 Å². The minimum absolute atomic E-state index is 0.231. The summed E-state index contributed by atoms with van der Waals surface area (Å²) in [5.41, 5.74) is -0.468. The van der Waals surface area contributed by atoms with Crippen molar-refractivity contribution in [2.24, 2.45) is 35.5 Å². The average molecular weight is 623 g/mol. The van der Waals surface area contributed by atoms with E-state index >= 15 is 8.78 Å². The number of ether oxygens (including phenoxy) is 1. The van der Waals surface area contributed by atoms with Crippen molar-refractivity contribution in [2.45, 2.75) is 122 Å². The Kier molecular flexibility index (Phi) is 11.3. The molecular weight excluding hydrogens is 574 g/mol. The first-order valence-electron chi connectivity index (χ1n) is 17.2. The fourth-order valence-electron chi connectivity index (χ4n) is 8.57. The van der Waals surface area contributed by atoms with Crippen molar-refractivity contribution in [3.8, 4) is 16.9 Å². The van der Waals surface area contributed by atoms with E-state index in [-0.39, 0.29) is 16.9 Å². The largest absolute Gasteiger partial charge is 0.432 e. The van der Waals surface area contributed by atoms with Gasteiger partial charge in [-0.05, 0) is 124 Å². The number of halogens is 6. The van der Waals surface area contributed by atoms with Crippen LogP contribution >= 0.6 is 0 Å². The van der Waals surface area contributed by atoms with Crippen molar-refractivity contribution in [2.75, 3.05) is 0 Å². The van der Waals surface area contributed by atoms with Gasteiger partial charge in [0.25, 0.3) is 0 Å². The molecule has 7 heteroatoms. The van der Waals surface area contributed by atoms with Crippen LogP contribution in [0.15, 0.2) is 30.3 Å². The molecule has 0 bridgehead atoms. The smallest absolute Gasteiger partial charge is 0.400 e. The molecule has 3 fully saturated rings. The highest BCUT2D eigenvalue weighted by atomic mass is 19.3. The summed E-state index contributed by atoms with van der Waals surface area (Å²) in [4.78, 5) is 0. The molecule has 3 saturated carbocycles. The van der Waals surface area contributed by atoms with Gasteiger partial charge in [0.2, 0.25) is 0 Å². The van der Waals surface area contributed by atoms with Gasteiger partial charge in [0.1, 0.15) is 11.6 Å². The molecule has 3 aliphatic rings. The van der Waals surface area contributed by atoms with Crippen LogP contribution in [0.1, 0.15) is 116 Å². The zero-order valence-electron chi connectivity index (χ0n) is 26.0. The molecule has 0 aromatic heterocycles. The van der Waals surface area contributed by atoms with Gasteiger partial charge in [-0.25, -0.2) is 17.6 Å². The van der Waals surface area contributed by atoms with Crippen LogP contribution in [0, 0.1) is 58.8 Å². The summed E-state index contributed by atoms with van der Waals surface area (Å²) in [6.07, 6.45) is 16.3. The van der Waals surface area contributed by atoms with Gasteiger partial charge in [-0.1, -0.05) is 51.9 Å². The van der Waals surface area contributed by atoms with Crippen molar-refractivity contribution < 1.29 is 31.1 Å². The van der Waals surface area contributed by atoms with E-state index in [1.54, 1.807) is 0 Å². The second-order valence-corrected chi connectivity index (χ2v) is 14.0. The van der Waals surface area contributed by atoms with Crippen LogP contribution in [0.2, 0.25) is 0 Å². The summed E-state index contributed by atoms with van der Waals surface area (Å²) in [6.45, 7) is 2.27. The van der Waals surface area contributed by atoms with Gasteiger partial charge in [-0.3, -0.25) is 0 Å². The third-order valence-electron chi connectivity index (χ3n) is 11.2. The maximum Gasteiger partial charge on any atom is 0.400 e. The molecule has 0 amide bonds. The SMILES string of the molecule is CCCCCCC1CCC(C2CCC(C3CCC(C(F)(F)Oc4ccc(-c5cc(F)c(F)c(F)c5)c(F)c4)CC3)CC2)CC1. The molecule has 0 radical (unpaired) electrons. The van der Waals surface area contributed by atoms with Gasteiger partial charge in [0.05, 0.1) is 5.92 Å². The Hall–Kier alpha value is -2.18. The lowest BCUT2D eigenvalue weighted by Gasteiger charge is -2.42. The third kappa shape index (κ3) is 8.15. The summed E-state index contributed by atoms with van der Waals surface area (Å²) < 4.78 is 90.6. The van der Waals surface area contributed by atoms with E-state index in [4.69, 9.17) is 4.74 Å². The Morgan fingerprint density at radius 1 is 0.636 bits per heavy atom. The molecule has 5 rings (SSSR count). The van der Waals surface area contributed by atoms with Gasteiger partial charge < -0.3 is 4.74 Å². The van der Waals surface area contributed by atoms with E-state index in [9.17, 15) is 17.6 Å². The molecule has 244 valence electrons. The fourth-order valence-corrected chi connectivity index (χ4v) is 8.57. The number of alkyl halides is 2. The molecule has 2 aromatic rings. The lowest BCUT2D eigenvalue weighted by atomic mass is 9.65. The van der Waals surface area contributed by atoms with E-state index in [2.05, 4.69) is 6.92 Å². The summed E-state index contributed by atoms with van der Waals surface area (Å²) in [5.74, 6) is -3.10. The monoisotopic (exact) mass is 622 g/mol. The Morgan fingerprint density at radius 3 is 1.68 bits per heavy atom. The number of hydrogen-bond donors (Lipinski definition) is 0. The van der Waals surface area contributed by atoms with Crippen LogP contribution in [-0.4, -0.2) is 6.11 Å². The Labute approximate surface area is 259 Å². The fraction of sp³-hybridized carbons (Fsp3) is 0.676. The van der Waals surface area contributed by atoms with E-state index in [1.165, 1.54) is 83.5 Å². The molecule has 1 nitrogen and oxygen atoms in total. The molecule has 0 aliphatic heterocycles. The van der Waals surface area contributed by atoms with Gasteiger partial charge in [0.15, 0.2) is 17.5 Å². The highest BCUT2D eigenvalue weighted by molar-refractivity contribution is 5.65. The summed E-state index contributed by atoms with van der Waals surface area (Å²) in [5, 5.41) is 0. The van der Waals surface area contributed by atoms with Crippen molar-refractivity contribution in [3.63, 3.8) is 0 Å². The van der Waals surface area contributed by atoms with E-state index in [0.717, 1.165) is 48.8 Å². The lowest BCUT2D eigenvalue weighted by Crippen LogP contribution is -2.38. The predicted molar refractivity (Wildman–Crippen MR) is 162 cm³/mol. The third-order valence-corrected chi connectivity index (χ3v) is 11.2. The first kappa shape index (κ1) is 33.2. The summed E-state index contributed by atoms with van der Waals surface area (Å²) in [6, 6.07) is 4.37. The average Bonchev–Trinajstić information content (AvgIpc) is 3.02. The first-order chi connectivity index (χ1) is 21.1.